The van der Waals surface area contributed by atoms with E-state index in [-0.39, 0.29) is 41.6 Å². The van der Waals surface area contributed by atoms with Crippen LogP contribution in [0.1, 0.15) is 29.8 Å². The number of rotatable bonds is 12. The number of fused-ring (bicyclic) bond motifs is 1. The van der Waals surface area contributed by atoms with Gasteiger partial charge in [0, 0.05) is 18.5 Å². The van der Waals surface area contributed by atoms with Gasteiger partial charge in [-0.15, -0.1) is 0 Å². The fourth-order valence-electron chi connectivity index (χ4n) is 4.50. The summed E-state index contributed by atoms with van der Waals surface area (Å²) in [7, 11) is -2.46. The molecular weight excluding hydrogens is 532 g/mol. The lowest BCUT2D eigenvalue weighted by atomic mass is 10.00. The molecule has 1 aromatic heterocycles. The molecule has 0 spiro atoms. The van der Waals surface area contributed by atoms with Gasteiger partial charge in [-0.1, -0.05) is 44.2 Å². The molecule has 0 saturated carbocycles. The Morgan fingerprint density at radius 3 is 2.38 bits per heavy atom. The molecule has 0 radical (unpaired) electrons. The summed E-state index contributed by atoms with van der Waals surface area (Å²) >= 11 is 0. The zero-order chi connectivity index (χ0) is 28.9. The molecule has 40 heavy (non-hydrogen) atoms. The van der Waals surface area contributed by atoms with E-state index in [4.69, 9.17) is 9.15 Å². The number of hydrogen-bond acceptors (Lipinski definition) is 7. The van der Waals surface area contributed by atoms with Gasteiger partial charge in [0.2, 0.25) is 10.0 Å². The fraction of sp³-hybridized carbons (Fsp3) is 0.300. The summed E-state index contributed by atoms with van der Waals surface area (Å²) in [6.07, 6.45) is 0.305. The van der Waals surface area contributed by atoms with Gasteiger partial charge >= 0.3 is 0 Å². The van der Waals surface area contributed by atoms with Crippen LogP contribution in [0.5, 0.6) is 11.5 Å². The second kappa shape index (κ2) is 12.5. The molecule has 4 rings (SSSR count). The van der Waals surface area contributed by atoms with Crippen LogP contribution in [0.3, 0.4) is 0 Å². The zero-order valence-electron chi connectivity index (χ0n) is 22.7. The highest BCUT2D eigenvalue weighted by atomic mass is 32.2. The van der Waals surface area contributed by atoms with E-state index < -0.39 is 28.1 Å². The molecule has 1 heterocycles. The Balaban J connectivity index is 1.62. The highest BCUT2D eigenvalue weighted by Gasteiger charge is 2.32. The Bertz CT molecular complexity index is 1530. The maximum absolute atomic E-state index is 13.6. The van der Waals surface area contributed by atoms with Gasteiger partial charge in [0.25, 0.3) is 5.91 Å². The molecule has 0 unspecified atom stereocenters. The van der Waals surface area contributed by atoms with Crippen LogP contribution in [0.25, 0.3) is 11.0 Å². The van der Waals surface area contributed by atoms with Crippen LogP contribution in [0.2, 0.25) is 0 Å². The minimum absolute atomic E-state index is 0.0168. The summed E-state index contributed by atoms with van der Waals surface area (Å²) in [6.45, 7) is 3.72. The van der Waals surface area contributed by atoms with Crippen LogP contribution < -0.4 is 10.1 Å². The molecule has 0 aliphatic rings. The maximum atomic E-state index is 13.6. The quantitative estimate of drug-likeness (QED) is 0.234. The van der Waals surface area contributed by atoms with E-state index in [2.05, 4.69) is 5.32 Å². The van der Waals surface area contributed by atoms with E-state index in [1.807, 2.05) is 44.2 Å². The monoisotopic (exact) mass is 566 g/mol. The summed E-state index contributed by atoms with van der Waals surface area (Å²) in [6, 6.07) is 19.0. The van der Waals surface area contributed by atoms with Gasteiger partial charge < -0.3 is 24.7 Å². The highest BCUT2D eigenvalue weighted by Crippen LogP contribution is 2.26. The topological polar surface area (TPSA) is 129 Å². The lowest BCUT2D eigenvalue weighted by Crippen LogP contribution is -2.51. The number of benzene rings is 3. The van der Waals surface area contributed by atoms with Crippen molar-refractivity contribution in [3.05, 3.63) is 90.2 Å². The Morgan fingerprint density at radius 2 is 1.73 bits per heavy atom. The van der Waals surface area contributed by atoms with Crippen molar-refractivity contribution in [3.8, 4) is 11.5 Å². The van der Waals surface area contributed by atoms with Crippen molar-refractivity contribution >= 4 is 26.9 Å². The number of furan rings is 1. The predicted octanol–water partition coefficient (Wildman–Crippen LogP) is 4.20. The standard InChI is InChI=1S/C30H34N2O7S/c1-20(2)17-32(40(36,37)24-12-10-23(38-3)11-13-24)18-28(34)27(15-21-7-5-4-6-8-21)31-30(35)26-19-39-29-14-9-22(33)16-25(26)29/h4-14,16,19-20,27-28,33-34H,15,17-18H2,1-3H3,(H,31,35)/t27-,28+/m0/s1. The summed E-state index contributed by atoms with van der Waals surface area (Å²) in [5.74, 6) is -0.0258. The number of carbonyl (C=O) groups excluding carboxylic acids is 1. The van der Waals surface area contributed by atoms with Crippen molar-refractivity contribution in [1.82, 2.24) is 9.62 Å². The van der Waals surface area contributed by atoms with Gasteiger partial charge in [-0.05, 0) is 60.4 Å². The van der Waals surface area contributed by atoms with Gasteiger partial charge in [-0.3, -0.25) is 4.79 Å². The van der Waals surface area contributed by atoms with Crippen LogP contribution >= 0.6 is 0 Å². The molecule has 0 aliphatic carbocycles. The molecular formula is C30H34N2O7S. The van der Waals surface area contributed by atoms with Crippen LogP contribution in [0.15, 0.2) is 88.4 Å². The molecule has 0 saturated heterocycles. The molecule has 3 aromatic carbocycles. The number of nitrogens with zero attached hydrogens (tertiary/aromatic N) is 1. The first kappa shape index (κ1) is 29.1. The molecule has 0 aliphatic heterocycles. The number of carbonyl (C=O) groups is 1. The Morgan fingerprint density at radius 1 is 1.02 bits per heavy atom. The van der Waals surface area contributed by atoms with Gasteiger partial charge in [0.05, 0.1) is 29.7 Å². The Labute approximate surface area is 234 Å². The minimum Gasteiger partial charge on any atom is -0.508 e. The van der Waals surface area contributed by atoms with Crippen molar-refractivity contribution in [3.63, 3.8) is 0 Å². The fourth-order valence-corrected chi connectivity index (χ4v) is 6.12. The van der Waals surface area contributed by atoms with Crippen LogP contribution in [-0.4, -0.2) is 61.2 Å². The first-order chi connectivity index (χ1) is 19.1. The molecule has 0 fully saturated rings. The van der Waals surface area contributed by atoms with Crippen LogP contribution in [0, 0.1) is 5.92 Å². The number of hydrogen-bond donors (Lipinski definition) is 3. The van der Waals surface area contributed by atoms with E-state index in [0.717, 1.165) is 5.56 Å². The number of phenolic OH excluding ortho intramolecular Hbond substituents is 1. The largest absolute Gasteiger partial charge is 0.508 e. The van der Waals surface area contributed by atoms with Crippen molar-refractivity contribution in [2.75, 3.05) is 20.2 Å². The number of sulfonamides is 1. The third-order valence-corrected chi connectivity index (χ3v) is 8.38. The van der Waals surface area contributed by atoms with Crippen LogP contribution in [0.4, 0.5) is 0 Å². The molecule has 212 valence electrons. The maximum Gasteiger partial charge on any atom is 0.255 e. The summed E-state index contributed by atoms with van der Waals surface area (Å²) in [4.78, 5) is 13.4. The third kappa shape index (κ3) is 6.82. The van der Waals surface area contributed by atoms with E-state index >= 15 is 0 Å². The van der Waals surface area contributed by atoms with E-state index in [1.165, 1.54) is 41.9 Å². The van der Waals surface area contributed by atoms with Crippen molar-refractivity contribution < 1.29 is 32.6 Å². The number of nitrogens with one attached hydrogen (secondary N) is 1. The lowest BCUT2D eigenvalue weighted by Gasteiger charge is -2.30. The second-order valence-corrected chi connectivity index (χ2v) is 12.0. The average Bonchev–Trinajstić information content (AvgIpc) is 3.35. The number of methoxy groups -OCH3 is 1. The number of phenols is 1. The Kier molecular flexibility index (Phi) is 9.14. The lowest BCUT2D eigenvalue weighted by molar-refractivity contribution is 0.0776. The molecule has 2 atom stereocenters. The first-order valence-electron chi connectivity index (χ1n) is 13.0. The number of aromatic hydroxyl groups is 1. The highest BCUT2D eigenvalue weighted by molar-refractivity contribution is 7.89. The van der Waals surface area contributed by atoms with E-state index in [9.17, 15) is 23.4 Å². The number of amides is 1. The molecule has 3 N–H and O–H groups in total. The average molecular weight is 567 g/mol. The van der Waals surface area contributed by atoms with Gasteiger partial charge in [-0.2, -0.15) is 4.31 Å². The normalized spacial score (nSPS) is 13.4. The Hall–Kier alpha value is -3.86. The van der Waals surface area contributed by atoms with Crippen molar-refractivity contribution in [2.45, 2.75) is 37.3 Å². The SMILES string of the molecule is COc1ccc(S(=O)(=O)N(CC(C)C)C[C@@H](O)[C@H](Cc2ccccc2)NC(=O)c2coc3ccc(O)cc23)cc1. The first-order valence-corrected chi connectivity index (χ1v) is 14.4. The number of aliphatic hydroxyl groups excluding tert-OH is 1. The van der Waals surface area contributed by atoms with Crippen LogP contribution in [-0.2, 0) is 16.4 Å². The number of aliphatic hydroxyl groups is 1. The molecule has 10 heteroatoms. The van der Waals surface area contributed by atoms with Crippen molar-refractivity contribution in [2.24, 2.45) is 5.92 Å². The third-order valence-electron chi connectivity index (χ3n) is 6.54. The van der Waals surface area contributed by atoms with Gasteiger partial charge in [0.15, 0.2) is 0 Å². The minimum atomic E-state index is -3.97. The van der Waals surface area contributed by atoms with E-state index in [0.29, 0.717) is 16.7 Å². The van der Waals surface area contributed by atoms with Crippen molar-refractivity contribution in [1.29, 1.82) is 0 Å². The second-order valence-electron chi connectivity index (χ2n) is 10.1. The predicted molar refractivity (Wildman–Crippen MR) is 152 cm³/mol. The number of ether oxygens (including phenoxy) is 1. The molecule has 0 bridgehead atoms. The smallest absolute Gasteiger partial charge is 0.255 e. The molecule has 9 nitrogen and oxygen atoms in total. The molecule has 1 amide bonds. The summed E-state index contributed by atoms with van der Waals surface area (Å²) in [5, 5.41) is 24.7. The summed E-state index contributed by atoms with van der Waals surface area (Å²) < 4.78 is 39.1. The zero-order valence-corrected chi connectivity index (χ0v) is 23.5. The summed E-state index contributed by atoms with van der Waals surface area (Å²) in [5.41, 5.74) is 1.48. The van der Waals surface area contributed by atoms with E-state index in [1.54, 1.807) is 18.2 Å². The van der Waals surface area contributed by atoms with Gasteiger partial charge in [-0.25, -0.2) is 8.42 Å². The van der Waals surface area contributed by atoms with Gasteiger partial charge in [0.1, 0.15) is 23.3 Å². The molecule has 4 aromatic rings.